The number of hydrogen-bond donors (Lipinski definition) is 0. The van der Waals surface area contributed by atoms with E-state index in [1.54, 1.807) is 0 Å². The van der Waals surface area contributed by atoms with Crippen molar-refractivity contribution in [2.45, 2.75) is 27.7 Å². The van der Waals surface area contributed by atoms with Crippen molar-refractivity contribution in [1.82, 2.24) is 0 Å². The predicted octanol–water partition coefficient (Wildman–Crippen LogP) is 4.05. The van der Waals surface area contributed by atoms with Crippen LogP contribution in [0.15, 0.2) is 40.9 Å². The molecule has 1 rings (SSSR count). The van der Waals surface area contributed by atoms with Gasteiger partial charge < -0.3 is 0 Å². The Balaban J connectivity index is 2.98. The van der Waals surface area contributed by atoms with Crippen LogP contribution in [0, 0.1) is 6.92 Å². The predicted molar refractivity (Wildman–Crippen MR) is 63.4 cm³/mol. The molecule has 0 aliphatic heterocycles. The molecule has 0 aliphatic rings. The minimum atomic E-state index is 1.05. The summed E-state index contributed by atoms with van der Waals surface area (Å²) in [5, 5.41) is 0. The zero-order valence-electron chi connectivity index (χ0n) is 9.33. The van der Waals surface area contributed by atoms with Crippen LogP contribution in [0.4, 0.5) is 5.69 Å². The van der Waals surface area contributed by atoms with E-state index < -0.39 is 0 Å². The largest absolute Gasteiger partial charge is 0.253 e. The van der Waals surface area contributed by atoms with Crippen LogP contribution in [0.5, 0.6) is 0 Å². The van der Waals surface area contributed by atoms with Gasteiger partial charge in [0.1, 0.15) is 0 Å². The highest BCUT2D eigenvalue weighted by molar-refractivity contribution is 5.95. The van der Waals surface area contributed by atoms with Crippen LogP contribution in [-0.4, -0.2) is 5.71 Å². The average molecular weight is 187 g/mol. The van der Waals surface area contributed by atoms with Crippen molar-refractivity contribution in [2.75, 3.05) is 0 Å². The second kappa shape index (κ2) is 4.75. The van der Waals surface area contributed by atoms with Crippen LogP contribution in [0.2, 0.25) is 0 Å². The highest BCUT2D eigenvalue weighted by Crippen LogP contribution is 2.17. The van der Waals surface area contributed by atoms with Crippen molar-refractivity contribution in [3.8, 4) is 0 Å². The fraction of sp³-hybridized carbons (Fsp3) is 0.308. The third-order valence-corrected chi connectivity index (χ3v) is 1.91. The Labute approximate surface area is 86.2 Å². The molecular formula is C13H17N. The molecule has 14 heavy (non-hydrogen) atoms. The zero-order valence-corrected chi connectivity index (χ0v) is 9.33. The molecule has 0 bridgehead atoms. The lowest BCUT2D eigenvalue weighted by Crippen LogP contribution is -1.85. The Kier molecular flexibility index (Phi) is 3.63. The van der Waals surface area contributed by atoms with Crippen molar-refractivity contribution in [3.63, 3.8) is 0 Å². The minimum absolute atomic E-state index is 1.05. The van der Waals surface area contributed by atoms with E-state index in [0.717, 1.165) is 11.4 Å². The van der Waals surface area contributed by atoms with Gasteiger partial charge in [-0.15, -0.1) is 0 Å². The van der Waals surface area contributed by atoms with Crippen LogP contribution in [0.1, 0.15) is 26.3 Å². The number of rotatable bonds is 2. The maximum atomic E-state index is 4.54. The van der Waals surface area contributed by atoms with Crippen molar-refractivity contribution in [3.05, 3.63) is 41.5 Å². The highest BCUT2D eigenvalue weighted by atomic mass is 14.7. The van der Waals surface area contributed by atoms with E-state index in [1.165, 1.54) is 11.1 Å². The van der Waals surface area contributed by atoms with Gasteiger partial charge in [0.15, 0.2) is 0 Å². The third kappa shape index (κ3) is 3.17. The molecule has 0 fully saturated rings. The average Bonchev–Trinajstić information content (AvgIpc) is 2.07. The SMILES string of the molecule is CC(C)=CC(C)=Nc1ccccc1C. The number of benzene rings is 1. The lowest BCUT2D eigenvalue weighted by Gasteiger charge is -2.00. The van der Waals surface area contributed by atoms with E-state index >= 15 is 0 Å². The lowest BCUT2D eigenvalue weighted by atomic mass is 10.2. The summed E-state index contributed by atoms with van der Waals surface area (Å²) in [6, 6.07) is 8.17. The molecule has 0 heterocycles. The van der Waals surface area contributed by atoms with Gasteiger partial charge in [0.2, 0.25) is 0 Å². The monoisotopic (exact) mass is 187 g/mol. The van der Waals surface area contributed by atoms with Gasteiger partial charge in [0.05, 0.1) is 5.69 Å². The molecule has 0 amide bonds. The zero-order chi connectivity index (χ0) is 10.6. The van der Waals surface area contributed by atoms with Crippen LogP contribution in [0.3, 0.4) is 0 Å². The van der Waals surface area contributed by atoms with E-state index in [0.29, 0.717) is 0 Å². The van der Waals surface area contributed by atoms with Gasteiger partial charge in [-0.25, -0.2) is 0 Å². The fourth-order valence-corrected chi connectivity index (χ4v) is 1.33. The van der Waals surface area contributed by atoms with E-state index in [1.807, 2.05) is 25.1 Å². The summed E-state index contributed by atoms with van der Waals surface area (Å²) < 4.78 is 0. The third-order valence-electron chi connectivity index (χ3n) is 1.91. The van der Waals surface area contributed by atoms with E-state index in [9.17, 15) is 0 Å². The molecule has 0 spiro atoms. The van der Waals surface area contributed by atoms with Crippen LogP contribution in [0.25, 0.3) is 0 Å². The first kappa shape index (κ1) is 10.7. The van der Waals surface area contributed by atoms with Gasteiger partial charge in [0, 0.05) is 5.71 Å². The van der Waals surface area contributed by atoms with Crippen LogP contribution < -0.4 is 0 Å². The van der Waals surface area contributed by atoms with Gasteiger partial charge in [-0.1, -0.05) is 23.8 Å². The Morgan fingerprint density at radius 2 is 1.79 bits per heavy atom. The summed E-state index contributed by atoms with van der Waals surface area (Å²) in [5.41, 5.74) is 4.61. The van der Waals surface area contributed by atoms with Crippen LogP contribution >= 0.6 is 0 Å². The Morgan fingerprint density at radius 3 is 2.36 bits per heavy atom. The van der Waals surface area contributed by atoms with E-state index in [-0.39, 0.29) is 0 Å². The number of allylic oxidation sites excluding steroid dienone is 2. The number of nitrogens with zero attached hydrogens (tertiary/aromatic N) is 1. The molecule has 1 heteroatoms. The smallest absolute Gasteiger partial charge is 0.0661 e. The molecular weight excluding hydrogens is 170 g/mol. The standard InChI is InChI=1S/C13H17N/c1-10(2)9-12(4)14-13-8-6-5-7-11(13)3/h5-9H,1-4H3. The van der Waals surface area contributed by atoms with Crippen molar-refractivity contribution in [1.29, 1.82) is 0 Å². The molecule has 74 valence electrons. The Morgan fingerprint density at radius 1 is 1.14 bits per heavy atom. The normalized spacial score (nSPS) is 11.3. The van der Waals surface area contributed by atoms with E-state index in [4.69, 9.17) is 0 Å². The number of aliphatic imine (C=N–C) groups is 1. The first-order valence-corrected chi connectivity index (χ1v) is 4.85. The van der Waals surface area contributed by atoms with Gasteiger partial charge >= 0.3 is 0 Å². The molecule has 1 nitrogen and oxygen atoms in total. The highest BCUT2D eigenvalue weighted by Gasteiger charge is 1.93. The number of aryl methyl sites for hydroxylation is 1. The van der Waals surface area contributed by atoms with Crippen LogP contribution in [-0.2, 0) is 0 Å². The minimum Gasteiger partial charge on any atom is -0.253 e. The molecule has 0 radical (unpaired) electrons. The maximum absolute atomic E-state index is 4.54. The Bertz CT molecular complexity index is 369. The molecule has 0 aliphatic carbocycles. The van der Waals surface area contributed by atoms with Gasteiger partial charge in [-0.3, -0.25) is 4.99 Å². The summed E-state index contributed by atoms with van der Waals surface area (Å²) in [7, 11) is 0. The molecule has 0 saturated carbocycles. The second-order valence-corrected chi connectivity index (χ2v) is 3.76. The quantitative estimate of drug-likeness (QED) is 0.619. The summed E-state index contributed by atoms with van der Waals surface area (Å²) >= 11 is 0. The summed E-state index contributed by atoms with van der Waals surface area (Å²) in [5.74, 6) is 0. The fourth-order valence-electron chi connectivity index (χ4n) is 1.33. The van der Waals surface area contributed by atoms with Crippen molar-refractivity contribution < 1.29 is 0 Å². The molecule has 0 aromatic heterocycles. The molecule has 0 unspecified atom stereocenters. The Hall–Kier alpha value is -1.37. The summed E-state index contributed by atoms with van der Waals surface area (Å²) in [6.07, 6.45) is 2.09. The number of hydrogen-bond acceptors (Lipinski definition) is 1. The molecule has 0 saturated heterocycles. The second-order valence-electron chi connectivity index (χ2n) is 3.76. The van der Waals surface area contributed by atoms with E-state index in [2.05, 4.69) is 37.9 Å². The first-order chi connectivity index (χ1) is 6.59. The van der Waals surface area contributed by atoms with Crippen molar-refractivity contribution in [2.24, 2.45) is 4.99 Å². The van der Waals surface area contributed by atoms with Gasteiger partial charge in [-0.05, 0) is 45.4 Å². The molecule has 1 aromatic carbocycles. The number of para-hydroxylation sites is 1. The summed E-state index contributed by atoms with van der Waals surface area (Å²) in [6.45, 7) is 8.27. The molecule has 1 aromatic rings. The van der Waals surface area contributed by atoms with Crippen molar-refractivity contribution >= 4 is 11.4 Å². The lowest BCUT2D eigenvalue weighted by molar-refractivity contribution is 1.37. The summed E-state index contributed by atoms with van der Waals surface area (Å²) in [4.78, 5) is 4.54. The van der Waals surface area contributed by atoms with Gasteiger partial charge in [-0.2, -0.15) is 0 Å². The molecule has 0 atom stereocenters. The first-order valence-electron chi connectivity index (χ1n) is 4.85. The maximum Gasteiger partial charge on any atom is 0.0661 e. The molecule has 0 N–H and O–H groups in total. The van der Waals surface area contributed by atoms with Gasteiger partial charge in [0.25, 0.3) is 0 Å². The topological polar surface area (TPSA) is 12.4 Å².